The molecule has 1 aromatic rings. The fourth-order valence-electron chi connectivity index (χ4n) is 1.68. The van der Waals surface area contributed by atoms with E-state index in [2.05, 4.69) is 38.1 Å². The molecule has 1 rings (SSSR count). The Morgan fingerprint density at radius 2 is 1.46 bits per heavy atom. The van der Waals surface area contributed by atoms with Crippen molar-refractivity contribution < 1.29 is 0 Å². The lowest BCUT2D eigenvalue weighted by Crippen LogP contribution is -1.93. The van der Waals surface area contributed by atoms with Gasteiger partial charge in [-0.3, -0.25) is 0 Å². The molecule has 0 spiro atoms. The fourth-order valence-corrected chi connectivity index (χ4v) is 1.68. The van der Waals surface area contributed by atoms with Gasteiger partial charge in [0.1, 0.15) is 0 Å². The first-order chi connectivity index (χ1) is 6.38. The van der Waals surface area contributed by atoms with Gasteiger partial charge in [0.25, 0.3) is 0 Å². The molecule has 0 aliphatic carbocycles. The van der Waals surface area contributed by atoms with Crippen molar-refractivity contribution in [3.8, 4) is 0 Å². The maximum Gasteiger partial charge on any atom is -0.0276 e. The van der Waals surface area contributed by atoms with E-state index in [4.69, 9.17) is 0 Å². The first-order valence-electron chi connectivity index (χ1n) is 5.45. The van der Waals surface area contributed by atoms with Gasteiger partial charge in [0.15, 0.2) is 0 Å². The molecule has 0 radical (unpaired) electrons. The third-order valence-electron chi connectivity index (χ3n) is 2.44. The number of hydrogen-bond donors (Lipinski definition) is 0. The third-order valence-corrected chi connectivity index (χ3v) is 2.44. The van der Waals surface area contributed by atoms with Crippen molar-refractivity contribution in [3.63, 3.8) is 0 Å². The molecular formula is C13H20. The zero-order valence-corrected chi connectivity index (χ0v) is 8.84. The SMILES string of the molecule is CCCCc1ccccc1CCC. The van der Waals surface area contributed by atoms with Gasteiger partial charge in [-0.2, -0.15) is 0 Å². The Kier molecular flexibility index (Phi) is 4.59. The minimum absolute atomic E-state index is 1.24. The van der Waals surface area contributed by atoms with Crippen LogP contribution in [0.3, 0.4) is 0 Å². The van der Waals surface area contributed by atoms with Gasteiger partial charge >= 0.3 is 0 Å². The van der Waals surface area contributed by atoms with Crippen LogP contribution >= 0.6 is 0 Å². The van der Waals surface area contributed by atoms with Crippen molar-refractivity contribution in [2.75, 3.05) is 0 Å². The molecule has 0 saturated carbocycles. The van der Waals surface area contributed by atoms with Crippen molar-refractivity contribution in [3.05, 3.63) is 35.4 Å². The van der Waals surface area contributed by atoms with E-state index < -0.39 is 0 Å². The summed E-state index contributed by atoms with van der Waals surface area (Å²) in [7, 11) is 0. The van der Waals surface area contributed by atoms with E-state index in [0.29, 0.717) is 0 Å². The van der Waals surface area contributed by atoms with E-state index >= 15 is 0 Å². The Morgan fingerprint density at radius 3 is 2.00 bits per heavy atom. The largest absolute Gasteiger partial charge is 0.0654 e. The number of rotatable bonds is 5. The maximum absolute atomic E-state index is 2.28. The molecule has 0 bridgehead atoms. The Labute approximate surface area is 82.0 Å². The van der Waals surface area contributed by atoms with Crippen molar-refractivity contribution in [2.24, 2.45) is 0 Å². The van der Waals surface area contributed by atoms with E-state index in [-0.39, 0.29) is 0 Å². The van der Waals surface area contributed by atoms with E-state index in [1.54, 1.807) is 11.1 Å². The van der Waals surface area contributed by atoms with Gasteiger partial charge in [0.2, 0.25) is 0 Å². The van der Waals surface area contributed by atoms with Crippen LogP contribution in [0.25, 0.3) is 0 Å². The van der Waals surface area contributed by atoms with Gasteiger partial charge < -0.3 is 0 Å². The zero-order valence-electron chi connectivity index (χ0n) is 8.84. The Bertz CT molecular complexity index is 238. The molecule has 0 atom stereocenters. The monoisotopic (exact) mass is 176 g/mol. The molecule has 0 saturated heterocycles. The molecule has 0 fully saturated rings. The molecule has 0 aromatic heterocycles. The molecule has 0 amide bonds. The van der Waals surface area contributed by atoms with Crippen molar-refractivity contribution in [1.82, 2.24) is 0 Å². The smallest absolute Gasteiger partial charge is 0.0276 e. The molecular weight excluding hydrogens is 156 g/mol. The van der Waals surface area contributed by atoms with Crippen LogP contribution in [0.2, 0.25) is 0 Å². The van der Waals surface area contributed by atoms with Crippen LogP contribution in [0.4, 0.5) is 0 Å². The van der Waals surface area contributed by atoms with E-state index in [1.165, 1.54) is 32.1 Å². The molecule has 1 aromatic carbocycles. The molecule has 72 valence electrons. The number of hydrogen-bond acceptors (Lipinski definition) is 0. The second kappa shape index (κ2) is 5.80. The van der Waals surface area contributed by atoms with Crippen LogP contribution in [0.5, 0.6) is 0 Å². The van der Waals surface area contributed by atoms with Crippen LogP contribution in [0.15, 0.2) is 24.3 Å². The van der Waals surface area contributed by atoms with Crippen LogP contribution in [-0.4, -0.2) is 0 Å². The molecule has 0 heteroatoms. The highest BCUT2D eigenvalue weighted by atomic mass is 14.0. The predicted molar refractivity (Wildman–Crippen MR) is 59.0 cm³/mol. The first-order valence-corrected chi connectivity index (χ1v) is 5.45. The van der Waals surface area contributed by atoms with Gasteiger partial charge in [0.05, 0.1) is 0 Å². The fraction of sp³-hybridized carbons (Fsp3) is 0.538. The molecule has 0 aliphatic rings. The lowest BCUT2D eigenvalue weighted by Gasteiger charge is -2.07. The molecule has 0 aliphatic heterocycles. The Hall–Kier alpha value is -0.780. The van der Waals surface area contributed by atoms with Gasteiger partial charge in [-0.05, 0) is 30.4 Å². The minimum atomic E-state index is 1.24. The van der Waals surface area contributed by atoms with E-state index in [1.807, 2.05) is 0 Å². The molecule has 0 unspecified atom stereocenters. The summed E-state index contributed by atoms with van der Waals surface area (Å²) in [4.78, 5) is 0. The topological polar surface area (TPSA) is 0 Å². The summed E-state index contributed by atoms with van der Waals surface area (Å²) < 4.78 is 0. The lowest BCUT2D eigenvalue weighted by atomic mass is 9.99. The van der Waals surface area contributed by atoms with E-state index in [9.17, 15) is 0 Å². The second-order valence-electron chi connectivity index (χ2n) is 3.62. The highest BCUT2D eigenvalue weighted by Gasteiger charge is 1.99. The quantitative estimate of drug-likeness (QED) is 0.636. The summed E-state index contributed by atoms with van der Waals surface area (Å²) in [6.07, 6.45) is 6.36. The van der Waals surface area contributed by atoms with Gasteiger partial charge in [-0.15, -0.1) is 0 Å². The van der Waals surface area contributed by atoms with Gasteiger partial charge in [0, 0.05) is 0 Å². The van der Waals surface area contributed by atoms with Crippen molar-refractivity contribution in [2.45, 2.75) is 46.0 Å². The standard InChI is InChI=1S/C13H20/c1-3-5-9-13-11-7-6-10-12(13)8-4-2/h6-7,10-11H,3-5,8-9H2,1-2H3. The predicted octanol–water partition coefficient (Wildman–Crippen LogP) is 3.98. The molecule has 13 heavy (non-hydrogen) atoms. The first kappa shape index (κ1) is 10.3. The van der Waals surface area contributed by atoms with Crippen molar-refractivity contribution >= 4 is 0 Å². The Morgan fingerprint density at radius 1 is 0.846 bits per heavy atom. The van der Waals surface area contributed by atoms with Gasteiger partial charge in [-0.1, -0.05) is 51.0 Å². The Balaban J connectivity index is 2.66. The van der Waals surface area contributed by atoms with Gasteiger partial charge in [-0.25, -0.2) is 0 Å². The van der Waals surface area contributed by atoms with Crippen LogP contribution in [0, 0.1) is 0 Å². The zero-order chi connectivity index (χ0) is 9.52. The summed E-state index contributed by atoms with van der Waals surface area (Å²) in [6, 6.07) is 8.86. The molecule has 0 N–H and O–H groups in total. The van der Waals surface area contributed by atoms with Crippen molar-refractivity contribution in [1.29, 1.82) is 0 Å². The summed E-state index contributed by atoms with van der Waals surface area (Å²) in [5, 5.41) is 0. The molecule has 0 nitrogen and oxygen atoms in total. The third kappa shape index (κ3) is 3.22. The maximum atomic E-state index is 2.28. The highest BCUT2D eigenvalue weighted by molar-refractivity contribution is 5.27. The summed E-state index contributed by atoms with van der Waals surface area (Å²) in [5.74, 6) is 0. The normalized spacial score (nSPS) is 10.3. The molecule has 0 heterocycles. The summed E-state index contributed by atoms with van der Waals surface area (Å²) in [6.45, 7) is 4.50. The van der Waals surface area contributed by atoms with Crippen LogP contribution in [0.1, 0.15) is 44.2 Å². The number of unbranched alkanes of at least 4 members (excludes halogenated alkanes) is 1. The van der Waals surface area contributed by atoms with Crippen LogP contribution in [-0.2, 0) is 12.8 Å². The van der Waals surface area contributed by atoms with E-state index in [0.717, 1.165) is 0 Å². The minimum Gasteiger partial charge on any atom is -0.0654 e. The average molecular weight is 176 g/mol. The average Bonchev–Trinajstić information content (AvgIpc) is 2.17. The summed E-state index contributed by atoms with van der Waals surface area (Å²) >= 11 is 0. The lowest BCUT2D eigenvalue weighted by molar-refractivity contribution is 0.780. The summed E-state index contributed by atoms with van der Waals surface area (Å²) in [5.41, 5.74) is 3.12. The van der Waals surface area contributed by atoms with Crippen LogP contribution < -0.4 is 0 Å². The highest BCUT2D eigenvalue weighted by Crippen LogP contribution is 2.13. The second-order valence-corrected chi connectivity index (χ2v) is 3.62. The number of aryl methyl sites for hydroxylation is 2. The number of benzene rings is 1.